The van der Waals surface area contributed by atoms with Crippen LogP contribution in [0.4, 0.5) is 0 Å². The fourth-order valence-corrected chi connectivity index (χ4v) is 3.31. The Morgan fingerprint density at radius 3 is 2.33 bits per heavy atom. The summed E-state index contributed by atoms with van der Waals surface area (Å²) in [5.74, 6) is 0.0587. The van der Waals surface area contributed by atoms with Crippen LogP contribution in [0.25, 0.3) is 6.08 Å². The largest absolute Gasteiger partial charge is 0.493 e. The van der Waals surface area contributed by atoms with Crippen molar-refractivity contribution in [3.63, 3.8) is 0 Å². The van der Waals surface area contributed by atoms with Gasteiger partial charge in [-0.1, -0.05) is 43.6 Å². The molecule has 0 aliphatic rings. The molecule has 7 heteroatoms. The number of carbonyl (C=O) groups is 2. The van der Waals surface area contributed by atoms with Gasteiger partial charge in [0.15, 0.2) is 18.1 Å². The van der Waals surface area contributed by atoms with Crippen LogP contribution in [0.2, 0.25) is 5.02 Å². The van der Waals surface area contributed by atoms with Crippen LogP contribution in [0.5, 0.6) is 11.5 Å². The minimum Gasteiger partial charge on any atom is -0.493 e. The lowest BCUT2D eigenvalue weighted by Gasteiger charge is -2.33. The summed E-state index contributed by atoms with van der Waals surface area (Å²) in [6.07, 6.45) is 4.65. The number of amides is 2. The van der Waals surface area contributed by atoms with E-state index in [9.17, 15) is 9.59 Å². The van der Waals surface area contributed by atoms with Crippen molar-refractivity contribution < 1.29 is 19.1 Å². The van der Waals surface area contributed by atoms with Gasteiger partial charge in [-0.2, -0.15) is 0 Å². The fraction of sp³-hybridized carbons (Fsp3) is 0.304. The lowest BCUT2D eigenvalue weighted by Crippen LogP contribution is -2.44. The number of ether oxygens (including phenoxy) is 2. The average Bonchev–Trinajstić information content (AvgIpc) is 2.75. The highest BCUT2D eigenvalue weighted by molar-refractivity contribution is 6.30. The van der Waals surface area contributed by atoms with E-state index in [1.165, 1.54) is 13.2 Å². The highest BCUT2D eigenvalue weighted by Gasteiger charge is 2.29. The number of benzene rings is 2. The minimum atomic E-state index is -0.575. The Morgan fingerprint density at radius 2 is 1.77 bits per heavy atom. The van der Waals surface area contributed by atoms with Crippen molar-refractivity contribution in [3.05, 3.63) is 64.7 Å². The maximum Gasteiger partial charge on any atom is 0.255 e. The molecule has 6 nitrogen and oxygen atoms in total. The Kier molecular flexibility index (Phi) is 8.30. The molecular formula is C23H27ClN2O4. The number of carbonyl (C=O) groups excluding carboxylic acids is 2. The molecule has 30 heavy (non-hydrogen) atoms. The second-order valence-electron chi connectivity index (χ2n) is 6.78. The molecular weight excluding hydrogens is 404 g/mol. The number of hydrogen-bond donors (Lipinski definition) is 2. The normalized spacial score (nSPS) is 11.3. The zero-order valence-corrected chi connectivity index (χ0v) is 18.2. The van der Waals surface area contributed by atoms with Gasteiger partial charge in [-0.3, -0.25) is 9.59 Å². The number of nitrogens with two attached hydrogens (primary N) is 1. The van der Waals surface area contributed by atoms with E-state index in [1.54, 1.807) is 24.3 Å². The smallest absolute Gasteiger partial charge is 0.255 e. The first-order valence-electron chi connectivity index (χ1n) is 9.69. The van der Waals surface area contributed by atoms with Gasteiger partial charge in [-0.25, -0.2) is 0 Å². The number of halogens is 1. The molecule has 0 radical (unpaired) electrons. The van der Waals surface area contributed by atoms with E-state index < -0.39 is 11.4 Å². The standard InChI is InChI=1S/C23H27ClN2O4/c1-4-23(5-2,17-8-10-18(24)11-9-17)26-22(28)13-7-16-6-12-19(20(14-16)29-3)30-15-21(25)27/h6-14H,4-5,15H2,1-3H3,(H2,25,27)(H,26,28). The van der Waals surface area contributed by atoms with Crippen LogP contribution < -0.4 is 20.5 Å². The van der Waals surface area contributed by atoms with Crippen molar-refractivity contribution >= 4 is 29.5 Å². The molecule has 2 aromatic carbocycles. The van der Waals surface area contributed by atoms with Gasteiger partial charge in [-0.15, -0.1) is 0 Å². The highest BCUT2D eigenvalue weighted by atomic mass is 35.5. The average molecular weight is 431 g/mol. The molecule has 0 aromatic heterocycles. The van der Waals surface area contributed by atoms with E-state index in [2.05, 4.69) is 5.32 Å². The molecule has 0 aliphatic heterocycles. The van der Waals surface area contributed by atoms with Gasteiger partial charge >= 0.3 is 0 Å². The first kappa shape index (κ1) is 23.3. The molecule has 0 aliphatic carbocycles. The summed E-state index contributed by atoms with van der Waals surface area (Å²) >= 11 is 6.00. The molecule has 2 aromatic rings. The van der Waals surface area contributed by atoms with Crippen LogP contribution in [0.1, 0.15) is 37.8 Å². The maximum absolute atomic E-state index is 12.7. The third-order valence-corrected chi connectivity index (χ3v) is 5.20. The monoisotopic (exact) mass is 430 g/mol. The number of rotatable bonds is 10. The molecule has 0 spiro atoms. The van der Waals surface area contributed by atoms with Crippen molar-refractivity contribution in [2.75, 3.05) is 13.7 Å². The lowest BCUT2D eigenvalue weighted by molar-refractivity contribution is -0.120. The predicted molar refractivity (Wildman–Crippen MR) is 119 cm³/mol. The Balaban J connectivity index is 2.15. The molecule has 0 heterocycles. The van der Waals surface area contributed by atoms with Gasteiger partial charge in [0.2, 0.25) is 5.91 Å². The number of hydrogen-bond acceptors (Lipinski definition) is 4. The molecule has 0 saturated carbocycles. The number of primary amides is 1. The molecule has 2 rings (SSSR count). The second-order valence-corrected chi connectivity index (χ2v) is 7.22. The molecule has 0 bridgehead atoms. The van der Waals surface area contributed by atoms with Gasteiger partial charge in [0, 0.05) is 11.1 Å². The van der Waals surface area contributed by atoms with Gasteiger partial charge in [0.25, 0.3) is 5.91 Å². The van der Waals surface area contributed by atoms with E-state index in [1.807, 2.05) is 38.1 Å². The minimum absolute atomic E-state index is 0.207. The van der Waals surface area contributed by atoms with E-state index in [-0.39, 0.29) is 12.5 Å². The van der Waals surface area contributed by atoms with Crippen LogP contribution >= 0.6 is 11.6 Å². The Morgan fingerprint density at radius 1 is 1.10 bits per heavy atom. The van der Waals surface area contributed by atoms with Crippen LogP contribution in [0.15, 0.2) is 48.5 Å². The highest BCUT2D eigenvalue weighted by Crippen LogP contribution is 2.30. The van der Waals surface area contributed by atoms with Crippen molar-refractivity contribution in [2.24, 2.45) is 5.73 Å². The van der Waals surface area contributed by atoms with Crippen LogP contribution in [-0.4, -0.2) is 25.5 Å². The maximum atomic E-state index is 12.7. The first-order chi connectivity index (χ1) is 14.3. The van der Waals surface area contributed by atoms with Crippen molar-refractivity contribution in [3.8, 4) is 11.5 Å². The molecule has 0 saturated heterocycles. The van der Waals surface area contributed by atoms with Crippen LogP contribution in [-0.2, 0) is 15.1 Å². The first-order valence-corrected chi connectivity index (χ1v) is 10.1. The summed E-state index contributed by atoms with van der Waals surface area (Å²) in [6.45, 7) is 3.84. The second kappa shape index (κ2) is 10.7. The zero-order valence-electron chi connectivity index (χ0n) is 17.4. The summed E-state index contributed by atoms with van der Waals surface area (Å²) in [6, 6.07) is 12.7. The summed E-state index contributed by atoms with van der Waals surface area (Å²) in [7, 11) is 1.50. The van der Waals surface area contributed by atoms with Crippen molar-refractivity contribution in [2.45, 2.75) is 32.2 Å². The molecule has 2 amide bonds. The topological polar surface area (TPSA) is 90.6 Å². The van der Waals surface area contributed by atoms with Gasteiger partial charge < -0.3 is 20.5 Å². The summed E-state index contributed by atoms with van der Waals surface area (Å²) < 4.78 is 10.6. The molecule has 0 atom stereocenters. The lowest BCUT2D eigenvalue weighted by atomic mass is 9.84. The Bertz CT molecular complexity index is 906. The fourth-order valence-electron chi connectivity index (χ4n) is 3.18. The van der Waals surface area contributed by atoms with E-state index in [4.69, 9.17) is 26.8 Å². The third kappa shape index (κ3) is 6.00. The van der Waals surface area contributed by atoms with E-state index >= 15 is 0 Å². The number of methoxy groups -OCH3 is 1. The molecule has 160 valence electrons. The Hall–Kier alpha value is -2.99. The van der Waals surface area contributed by atoms with E-state index in [0.29, 0.717) is 16.5 Å². The third-order valence-electron chi connectivity index (χ3n) is 4.95. The van der Waals surface area contributed by atoms with Gasteiger partial charge in [0.1, 0.15) is 0 Å². The van der Waals surface area contributed by atoms with Crippen LogP contribution in [0.3, 0.4) is 0 Å². The predicted octanol–water partition coefficient (Wildman–Crippen LogP) is 4.06. The van der Waals surface area contributed by atoms with Gasteiger partial charge in [-0.05, 0) is 54.3 Å². The van der Waals surface area contributed by atoms with Crippen LogP contribution in [0, 0.1) is 0 Å². The van der Waals surface area contributed by atoms with Gasteiger partial charge in [0.05, 0.1) is 12.6 Å². The summed E-state index contributed by atoms with van der Waals surface area (Å²) in [5.41, 5.74) is 6.38. The quantitative estimate of drug-likeness (QED) is 0.556. The molecule has 0 unspecified atom stereocenters. The molecule has 0 fully saturated rings. The summed E-state index contributed by atoms with van der Waals surface area (Å²) in [4.78, 5) is 23.6. The van der Waals surface area contributed by atoms with Crippen molar-refractivity contribution in [1.82, 2.24) is 5.32 Å². The number of nitrogens with one attached hydrogen (secondary N) is 1. The zero-order chi connectivity index (χ0) is 22.1. The SMILES string of the molecule is CCC(CC)(NC(=O)C=Cc1ccc(OCC(N)=O)c(OC)c1)c1ccc(Cl)cc1. The Labute approximate surface area is 182 Å². The van der Waals surface area contributed by atoms with E-state index in [0.717, 1.165) is 24.0 Å². The van der Waals surface area contributed by atoms with Crippen molar-refractivity contribution in [1.29, 1.82) is 0 Å². The molecule has 3 N–H and O–H groups in total. The summed E-state index contributed by atoms with van der Waals surface area (Å²) in [5, 5.41) is 3.79.